The molecule has 1 aliphatic rings. The summed E-state index contributed by atoms with van der Waals surface area (Å²) in [5, 5.41) is 10.1. The van der Waals surface area contributed by atoms with Crippen molar-refractivity contribution in [2.45, 2.75) is 26.4 Å². The van der Waals surface area contributed by atoms with Gasteiger partial charge in [-0.1, -0.05) is 41.9 Å². The van der Waals surface area contributed by atoms with Crippen LogP contribution in [-0.4, -0.2) is 5.11 Å². The minimum absolute atomic E-state index is 0.275. The number of rotatable bonds is 1. The summed E-state index contributed by atoms with van der Waals surface area (Å²) in [6.07, 6.45) is 0.720. The quantitative estimate of drug-likeness (QED) is 0.816. The fraction of sp³-hybridized carbons (Fsp3) is 0.500. The molecule has 0 saturated carbocycles. The van der Waals surface area contributed by atoms with E-state index in [-0.39, 0.29) is 6.10 Å². The van der Waals surface area contributed by atoms with Crippen molar-refractivity contribution in [3.05, 3.63) is 33.8 Å². The predicted octanol–water partition coefficient (Wildman–Crippen LogP) is 3.31. The maximum absolute atomic E-state index is 10.1. The van der Waals surface area contributed by atoms with Crippen LogP contribution in [0.4, 0.5) is 0 Å². The molecular weight excluding hydrogens is 240 g/mol. The Morgan fingerprint density at radius 3 is 2.71 bits per heavy atom. The zero-order valence-electron chi connectivity index (χ0n) is 8.50. The van der Waals surface area contributed by atoms with Gasteiger partial charge >= 0.3 is 0 Å². The Bertz CT molecular complexity index is 346. The highest BCUT2D eigenvalue weighted by Crippen LogP contribution is 2.42. The number of halogens is 1. The van der Waals surface area contributed by atoms with Gasteiger partial charge in [-0.05, 0) is 35.4 Å². The molecule has 1 aliphatic carbocycles. The molecule has 0 amide bonds. The molecule has 1 aromatic rings. The second-order valence-electron chi connectivity index (χ2n) is 4.36. The van der Waals surface area contributed by atoms with Gasteiger partial charge in [0.05, 0.1) is 6.10 Å². The van der Waals surface area contributed by atoms with Crippen LogP contribution in [0.1, 0.15) is 31.1 Å². The van der Waals surface area contributed by atoms with Crippen molar-refractivity contribution in [2.24, 2.45) is 11.8 Å². The van der Waals surface area contributed by atoms with Gasteiger partial charge in [-0.3, -0.25) is 0 Å². The summed E-state index contributed by atoms with van der Waals surface area (Å²) in [6.45, 7) is 4.35. The third-order valence-electron chi connectivity index (χ3n) is 3.18. The average molecular weight is 255 g/mol. The lowest BCUT2D eigenvalue weighted by Crippen LogP contribution is -2.13. The maximum atomic E-state index is 10.1. The monoisotopic (exact) mass is 254 g/mol. The van der Waals surface area contributed by atoms with Crippen LogP contribution in [0.5, 0.6) is 0 Å². The molecule has 0 saturated heterocycles. The highest BCUT2D eigenvalue weighted by Gasteiger charge is 2.33. The van der Waals surface area contributed by atoms with Crippen LogP contribution in [-0.2, 0) is 6.42 Å². The molecule has 0 spiro atoms. The Kier molecular flexibility index (Phi) is 2.67. The number of aliphatic hydroxyl groups is 1. The number of benzene rings is 1. The van der Waals surface area contributed by atoms with Crippen molar-refractivity contribution in [1.29, 1.82) is 0 Å². The normalized spacial score (nSPS) is 25.5. The zero-order chi connectivity index (χ0) is 10.3. The van der Waals surface area contributed by atoms with E-state index in [1.165, 1.54) is 5.56 Å². The van der Waals surface area contributed by atoms with Crippen molar-refractivity contribution < 1.29 is 5.11 Å². The molecule has 0 heterocycles. The molecule has 0 radical (unpaired) electrons. The first-order valence-corrected chi connectivity index (χ1v) is 5.86. The highest BCUT2D eigenvalue weighted by atomic mass is 79.9. The second-order valence-corrected chi connectivity index (χ2v) is 5.22. The van der Waals surface area contributed by atoms with E-state index in [0.717, 1.165) is 16.5 Å². The minimum Gasteiger partial charge on any atom is -0.388 e. The van der Waals surface area contributed by atoms with Crippen LogP contribution in [0.15, 0.2) is 22.7 Å². The molecule has 0 fully saturated rings. The van der Waals surface area contributed by atoms with Gasteiger partial charge < -0.3 is 5.11 Å². The summed E-state index contributed by atoms with van der Waals surface area (Å²) in [5.74, 6) is 0.910. The third kappa shape index (κ3) is 1.51. The van der Waals surface area contributed by atoms with Crippen LogP contribution < -0.4 is 0 Å². The van der Waals surface area contributed by atoms with Gasteiger partial charge in [0.25, 0.3) is 0 Å². The SMILES string of the molecule is CC(C)C1Cc2c(Br)cccc2C1O. The van der Waals surface area contributed by atoms with E-state index in [4.69, 9.17) is 0 Å². The molecule has 2 atom stereocenters. The van der Waals surface area contributed by atoms with Crippen LogP contribution in [0.2, 0.25) is 0 Å². The van der Waals surface area contributed by atoms with Crippen molar-refractivity contribution in [3.63, 3.8) is 0 Å². The van der Waals surface area contributed by atoms with Crippen LogP contribution in [0.3, 0.4) is 0 Å². The summed E-state index contributed by atoms with van der Waals surface area (Å²) in [4.78, 5) is 0. The number of hydrogen-bond acceptors (Lipinski definition) is 1. The fourth-order valence-corrected chi connectivity index (χ4v) is 2.79. The van der Waals surface area contributed by atoms with Crippen molar-refractivity contribution in [2.75, 3.05) is 0 Å². The lowest BCUT2D eigenvalue weighted by molar-refractivity contribution is 0.0968. The fourth-order valence-electron chi connectivity index (χ4n) is 2.25. The molecule has 1 aromatic carbocycles. The molecule has 1 nitrogen and oxygen atoms in total. The second kappa shape index (κ2) is 3.67. The van der Waals surface area contributed by atoms with E-state index < -0.39 is 0 Å². The summed E-state index contributed by atoms with van der Waals surface area (Å²) in [6, 6.07) is 6.08. The van der Waals surface area contributed by atoms with E-state index in [9.17, 15) is 5.11 Å². The van der Waals surface area contributed by atoms with Gasteiger partial charge in [-0.15, -0.1) is 0 Å². The average Bonchev–Trinajstić information content (AvgIpc) is 2.46. The van der Waals surface area contributed by atoms with Gasteiger partial charge in [-0.25, -0.2) is 0 Å². The molecule has 0 aliphatic heterocycles. The molecule has 1 N–H and O–H groups in total. The Morgan fingerprint density at radius 1 is 1.43 bits per heavy atom. The highest BCUT2D eigenvalue weighted by molar-refractivity contribution is 9.10. The summed E-state index contributed by atoms with van der Waals surface area (Å²) in [5.41, 5.74) is 2.40. The maximum Gasteiger partial charge on any atom is 0.0826 e. The smallest absolute Gasteiger partial charge is 0.0826 e. The summed E-state index contributed by atoms with van der Waals surface area (Å²) >= 11 is 3.54. The van der Waals surface area contributed by atoms with E-state index in [1.54, 1.807) is 0 Å². The van der Waals surface area contributed by atoms with Gasteiger partial charge in [0.1, 0.15) is 0 Å². The number of hydrogen-bond donors (Lipinski definition) is 1. The standard InChI is InChI=1S/C12H15BrO/c1-7(2)9-6-10-8(12(9)14)4-3-5-11(10)13/h3-5,7,9,12,14H,6H2,1-2H3. The minimum atomic E-state index is -0.275. The molecule has 14 heavy (non-hydrogen) atoms. The van der Waals surface area contributed by atoms with Crippen molar-refractivity contribution in [1.82, 2.24) is 0 Å². The Morgan fingerprint density at radius 2 is 2.14 bits per heavy atom. The first kappa shape index (κ1) is 10.2. The molecule has 76 valence electrons. The summed E-state index contributed by atoms with van der Waals surface area (Å²) in [7, 11) is 0. The lowest BCUT2D eigenvalue weighted by atomic mass is 9.91. The molecule has 2 unspecified atom stereocenters. The van der Waals surface area contributed by atoms with E-state index in [0.29, 0.717) is 11.8 Å². The Balaban J connectivity index is 2.40. The molecular formula is C12H15BrO. The lowest BCUT2D eigenvalue weighted by Gasteiger charge is -2.18. The van der Waals surface area contributed by atoms with E-state index in [2.05, 4.69) is 29.8 Å². The first-order chi connectivity index (χ1) is 6.61. The Hall–Kier alpha value is -0.340. The molecule has 2 rings (SSSR count). The van der Waals surface area contributed by atoms with E-state index in [1.807, 2.05) is 18.2 Å². The molecule has 2 heteroatoms. The van der Waals surface area contributed by atoms with Crippen LogP contribution in [0.25, 0.3) is 0 Å². The predicted molar refractivity (Wildman–Crippen MR) is 61.1 cm³/mol. The number of fused-ring (bicyclic) bond motifs is 1. The van der Waals surface area contributed by atoms with E-state index >= 15 is 0 Å². The van der Waals surface area contributed by atoms with Gasteiger partial charge in [0.15, 0.2) is 0 Å². The van der Waals surface area contributed by atoms with Crippen molar-refractivity contribution >= 4 is 15.9 Å². The van der Waals surface area contributed by atoms with Gasteiger partial charge in [0.2, 0.25) is 0 Å². The number of aliphatic hydroxyl groups excluding tert-OH is 1. The molecule has 0 aromatic heterocycles. The third-order valence-corrected chi connectivity index (χ3v) is 3.92. The first-order valence-electron chi connectivity index (χ1n) is 5.06. The molecule has 0 bridgehead atoms. The summed E-state index contributed by atoms with van der Waals surface area (Å²) < 4.78 is 1.14. The van der Waals surface area contributed by atoms with Crippen LogP contribution >= 0.6 is 15.9 Å². The van der Waals surface area contributed by atoms with Gasteiger partial charge in [0, 0.05) is 4.47 Å². The zero-order valence-corrected chi connectivity index (χ0v) is 10.1. The topological polar surface area (TPSA) is 20.2 Å². The van der Waals surface area contributed by atoms with Crippen molar-refractivity contribution in [3.8, 4) is 0 Å². The Labute approximate surface area is 93.3 Å². The van der Waals surface area contributed by atoms with Gasteiger partial charge in [-0.2, -0.15) is 0 Å². The largest absolute Gasteiger partial charge is 0.388 e. The van der Waals surface area contributed by atoms with Crippen LogP contribution in [0, 0.1) is 11.8 Å².